The van der Waals surface area contributed by atoms with Crippen molar-refractivity contribution in [2.75, 3.05) is 6.61 Å². The molecule has 0 amide bonds. The Morgan fingerprint density at radius 2 is 1.72 bits per heavy atom. The number of benzene rings is 3. The Morgan fingerprint density at radius 3 is 2.44 bits per heavy atom. The highest BCUT2D eigenvalue weighted by Crippen LogP contribution is 2.27. The monoisotopic (exact) mass is 444 g/mol. The summed E-state index contributed by atoms with van der Waals surface area (Å²) in [6.45, 7) is -0.437. The molecule has 0 unspecified atom stereocenters. The van der Waals surface area contributed by atoms with E-state index in [4.69, 9.17) is 9.84 Å². The molecule has 0 aliphatic carbocycles. The molecule has 1 heterocycles. The van der Waals surface area contributed by atoms with E-state index < -0.39 is 30.2 Å². The fraction of sp³-hybridized carbons (Fsp3) is 0.174. The van der Waals surface area contributed by atoms with Crippen LogP contribution in [-0.4, -0.2) is 32.7 Å². The fourth-order valence-corrected chi connectivity index (χ4v) is 3.39. The molecule has 4 rings (SSSR count). The van der Waals surface area contributed by atoms with Crippen LogP contribution in [0.15, 0.2) is 59.4 Å². The van der Waals surface area contributed by atoms with Gasteiger partial charge in [-0.3, -0.25) is 9.89 Å². The van der Waals surface area contributed by atoms with Crippen molar-refractivity contribution in [2.24, 2.45) is 0 Å². The van der Waals surface area contributed by atoms with Gasteiger partial charge in [0.25, 0.3) is 5.56 Å². The molecule has 0 spiro atoms. The van der Waals surface area contributed by atoms with Gasteiger partial charge in [0.15, 0.2) is 11.6 Å². The van der Waals surface area contributed by atoms with Gasteiger partial charge in [-0.2, -0.15) is 0 Å². The Morgan fingerprint density at radius 1 is 1.00 bits per heavy atom. The number of ether oxygens (including phenoxy) is 1. The van der Waals surface area contributed by atoms with Crippen LogP contribution in [0.25, 0.3) is 22.0 Å². The number of halogens is 3. The van der Waals surface area contributed by atoms with Crippen LogP contribution in [0, 0.1) is 17.5 Å². The molecule has 166 valence electrons. The van der Waals surface area contributed by atoms with Crippen molar-refractivity contribution in [1.29, 1.82) is 0 Å². The molecule has 1 atom stereocenters. The molecule has 1 aromatic heterocycles. The number of nitrogens with one attached hydrogen (secondary N) is 1. The van der Waals surface area contributed by atoms with Crippen LogP contribution in [0.1, 0.15) is 5.56 Å². The summed E-state index contributed by atoms with van der Waals surface area (Å²) in [4.78, 5) is 12.5. The molecule has 0 radical (unpaired) electrons. The zero-order valence-corrected chi connectivity index (χ0v) is 16.7. The summed E-state index contributed by atoms with van der Waals surface area (Å²) >= 11 is 0. The third kappa shape index (κ3) is 4.25. The molecule has 3 aromatic carbocycles. The first-order chi connectivity index (χ1) is 15.4. The van der Waals surface area contributed by atoms with E-state index in [9.17, 15) is 23.1 Å². The van der Waals surface area contributed by atoms with Crippen LogP contribution < -0.4 is 10.3 Å². The third-order valence-corrected chi connectivity index (χ3v) is 5.05. The number of aliphatic hydroxyl groups excluding tert-OH is 2. The molecule has 32 heavy (non-hydrogen) atoms. The van der Waals surface area contributed by atoms with Gasteiger partial charge in [0.2, 0.25) is 0 Å². The number of rotatable bonds is 7. The third-order valence-electron chi connectivity index (χ3n) is 5.05. The molecule has 9 heteroatoms. The largest absolute Gasteiger partial charge is 0.489 e. The summed E-state index contributed by atoms with van der Waals surface area (Å²) in [5, 5.41) is 22.0. The lowest BCUT2D eigenvalue weighted by Crippen LogP contribution is -2.27. The zero-order valence-electron chi connectivity index (χ0n) is 16.7. The highest BCUT2D eigenvalue weighted by Gasteiger charge is 2.14. The predicted octanol–water partition coefficient (Wildman–Crippen LogP) is 3.35. The van der Waals surface area contributed by atoms with Crippen LogP contribution >= 0.6 is 0 Å². The molecule has 0 saturated carbocycles. The van der Waals surface area contributed by atoms with Crippen molar-refractivity contribution in [3.05, 3.63) is 88.0 Å². The average molecular weight is 444 g/mol. The molecular weight excluding hydrogens is 425 g/mol. The van der Waals surface area contributed by atoms with E-state index in [-0.39, 0.29) is 24.3 Å². The smallest absolute Gasteiger partial charge is 0.274 e. The van der Waals surface area contributed by atoms with E-state index in [0.717, 1.165) is 6.07 Å². The second kappa shape index (κ2) is 8.89. The Balaban J connectivity index is 1.53. The van der Waals surface area contributed by atoms with Gasteiger partial charge in [-0.25, -0.2) is 17.9 Å². The maximum atomic E-state index is 14.0. The van der Waals surface area contributed by atoms with Gasteiger partial charge in [-0.05, 0) is 29.8 Å². The van der Waals surface area contributed by atoms with Crippen LogP contribution in [0.4, 0.5) is 13.2 Å². The Kier molecular flexibility index (Phi) is 6.02. The maximum absolute atomic E-state index is 14.0. The van der Waals surface area contributed by atoms with Crippen LogP contribution in [0.5, 0.6) is 5.75 Å². The number of hydrogen-bond acceptors (Lipinski definition) is 4. The minimum Gasteiger partial charge on any atom is -0.489 e. The van der Waals surface area contributed by atoms with Gasteiger partial charge in [-0.1, -0.05) is 24.3 Å². The van der Waals surface area contributed by atoms with Crippen molar-refractivity contribution >= 4 is 10.9 Å². The molecule has 0 aliphatic rings. The van der Waals surface area contributed by atoms with E-state index in [2.05, 4.69) is 5.10 Å². The Bertz CT molecular complexity index is 1320. The van der Waals surface area contributed by atoms with E-state index in [1.807, 2.05) is 0 Å². The predicted molar refractivity (Wildman–Crippen MR) is 112 cm³/mol. The number of nitrogens with zero attached hydrogens (tertiary/aromatic N) is 1. The zero-order chi connectivity index (χ0) is 22.8. The molecule has 0 aliphatic heterocycles. The molecule has 0 bridgehead atoms. The second-order valence-corrected chi connectivity index (χ2v) is 7.26. The number of aromatic amines is 1. The minimum absolute atomic E-state index is 0.0656. The number of fused-ring (bicyclic) bond motifs is 1. The van der Waals surface area contributed by atoms with E-state index in [1.165, 1.54) is 16.8 Å². The van der Waals surface area contributed by atoms with Crippen molar-refractivity contribution in [3.63, 3.8) is 0 Å². The van der Waals surface area contributed by atoms with Gasteiger partial charge in [0.1, 0.15) is 18.2 Å². The number of para-hydroxylation sites is 1. The van der Waals surface area contributed by atoms with E-state index in [1.54, 1.807) is 30.3 Å². The highest BCUT2D eigenvalue weighted by molar-refractivity contribution is 5.81. The number of aliphatic hydroxyl groups is 2. The number of H-pyrrole nitrogens is 1. The van der Waals surface area contributed by atoms with Gasteiger partial charge in [-0.15, -0.1) is 0 Å². The van der Waals surface area contributed by atoms with E-state index in [0.29, 0.717) is 33.8 Å². The van der Waals surface area contributed by atoms with Gasteiger partial charge in [0.05, 0.1) is 30.2 Å². The molecule has 3 N–H and O–H groups in total. The topological polar surface area (TPSA) is 87.5 Å². The summed E-state index contributed by atoms with van der Waals surface area (Å²) in [6.07, 6.45) is -1.07. The van der Waals surface area contributed by atoms with Crippen LogP contribution in [-0.2, 0) is 13.2 Å². The molecule has 0 saturated heterocycles. The van der Waals surface area contributed by atoms with Gasteiger partial charge in [0, 0.05) is 17.2 Å². The summed E-state index contributed by atoms with van der Waals surface area (Å²) in [5.74, 6) is -2.81. The molecular formula is C23H19F3N2O4. The Hall–Kier alpha value is -3.56. The first-order valence-corrected chi connectivity index (χ1v) is 9.74. The van der Waals surface area contributed by atoms with Crippen molar-refractivity contribution in [3.8, 4) is 16.9 Å². The quantitative estimate of drug-likeness (QED) is 0.382. The highest BCUT2D eigenvalue weighted by atomic mass is 19.2. The Labute approximate surface area is 180 Å². The lowest BCUT2D eigenvalue weighted by atomic mass is 10.0. The van der Waals surface area contributed by atoms with Crippen LogP contribution in [0.2, 0.25) is 0 Å². The van der Waals surface area contributed by atoms with Crippen LogP contribution in [0.3, 0.4) is 0 Å². The number of hydrogen-bond donors (Lipinski definition) is 3. The summed E-state index contributed by atoms with van der Waals surface area (Å²) in [7, 11) is 0. The van der Waals surface area contributed by atoms with Crippen molar-refractivity contribution in [2.45, 2.75) is 19.3 Å². The summed E-state index contributed by atoms with van der Waals surface area (Å²) < 4.78 is 47.6. The average Bonchev–Trinajstić information content (AvgIpc) is 3.11. The maximum Gasteiger partial charge on any atom is 0.274 e. The first-order valence-electron chi connectivity index (χ1n) is 9.74. The number of aromatic nitrogens is 2. The summed E-state index contributed by atoms with van der Waals surface area (Å²) in [6, 6.07) is 12.6. The first kappa shape index (κ1) is 21.7. The van der Waals surface area contributed by atoms with Crippen molar-refractivity contribution < 1.29 is 28.1 Å². The molecule has 6 nitrogen and oxygen atoms in total. The lowest BCUT2D eigenvalue weighted by molar-refractivity contribution is 0.0776. The van der Waals surface area contributed by atoms with Gasteiger partial charge >= 0.3 is 0 Å². The van der Waals surface area contributed by atoms with E-state index >= 15 is 0 Å². The standard InChI is InChI=1S/C23H19F3N2O4/c24-19-9-21(26)20(25)8-18(19)13-4-6-16(7-5-13)32-12-14-2-1-3-17-22(14)27-28(23(17)31)10-15(30)11-29/h1-9,15,27,29-30H,10-12H2/t15-/m0/s1. The second-order valence-electron chi connectivity index (χ2n) is 7.26. The normalized spacial score (nSPS) is 12.3. The summed E-state index contributed by atoms with van der Waals surface area (Å²) in [5.41, 5.74) is 1.20. The fourth-order valence-electron chi connectivity index (χ4n) is 3.39. The molecule has 0 fully saturated rings. The minimum atomic E-state index is -1.25. The van der Waals surface area contributed by atoms with Gasteiger partial charge < -0.3 is 14.9 Å². The SMILES string of the molecule is O=c1c2cccc(COc3ccc(-c4cc(F)c(F)cc4F)cc3)c2[nH]n1C[C@H](O)CO. The molecule has 4 aromatic rings. The van der Waals surface area contributed by atoms with Crippen molar-refractivity contribution in [1.82, 2.24) is 9.78 Å². The lowest BCUT2D eigenvalue weighted by Gasteiger charge is -2.09.